The van der Waals surface area contributed by atoms with Gasteiger partial charge in [0, 0.05) is 18.0 Å². The molecule has 0 amide bonds. The van der Waals surface area contributed by atoms with Gasteiger partial charge in [-0.3, -0.25) is 0 Å². The highest BCUT2D eigenvalue weighted by Crippen LogP contribution is 2.27. The van der Waals surface area contributed by atoms with Crippen molar-refractivity contribution in [2.24, 2.45) is 0 Å². The van der Waals surface area contributed by atoms with E-state index in [2.05, 4.69) is 18.7 Å². The number of ether oxygens (including phenoxy) is 1. The van der Waals surface area contributed by atoms with Crippen molar-refractivity contribution in [3.63, 3.8) is 0 Å². The number of aromatic nitrogens is 4. The minimum atomic E-state index is 0.465. The number of hydrogen-bond donors (Lipinski definition) is 0. The molecule has 0 saturated carbocycles. The summed E-state index contributed by atoms with van der Waals surface area (Å²) in [6, 6.07) is 9.94. The Labute approximate surface area is 114 Å². The molecule has 6 heteroatoms. The summed E-state index contributed by atoms with van der Waals surface area (Å²) in [5.41, 5.74) is 2.58. The standard InChI is InChI=1S/C13H10N4OS/c1-2-4-10(5-3-1)8-18-13-12(16-19-17-13)11-6-14-9-15-7-11/h1-7,9H,8H2. The maximum atomic E-state index is 5.70. The van der Waals surface area contributed by atoms with Crippen molar-refractivity contribution in [2.45, 2.75) is 6.61 Å². The Morgan fingerprint density at radius 2 is 1.79 bits per heavy atom. The Balaban J connectivity index is 1.78. The number of rotatable bonds is 4. The lowest BCUT2D eigenvalue weighted by atomic mass is 10.2. The van der Waals surface area contributed by atoms with Crippen LogP contribution in [0.25, 0.3) is 11.3 Å². The second-order valence-electron chi connectivity index (χ2n) is 3.82. The van der Waals surface area contributed by atoms with Crippen LogP contribution in [0.4, 0.5) is 0 Å². The molecule has 2 heterocycles. The zero-order valence-electron chi connectivity index (χ0n) is 9.93. The predicted molar refractivity (Wildman–Crippen MR) is 71.7 cm³/mol. The van der Waals surface area contributed by atoms with Crippen molar-refractivity contribution in [3.8, 4) is 17.1 Å². The van der Waals surface area contributed by atoms with Gasteiger partial charge in [0.05, 0.1) is 11.7 Å². The van der Waals surface area contributed by atoms with Crippen molar-refractivity contribution in [2.75, 3.05) is 0 Å². The van der Waals surface area contributed by atoms with Gasteiger partial charge in [0.1, 0.15) is 12.9 Å². The lowest BCUT2D eigenvalue weighted by molar-refractivity contribution is 0.298. The van der Waals surface area contributed by atoms with Gasteiger partial charge in [0.15, 0.2) is 5.69 Å². The normalized spacial score (nSPS) is 10.3. The van der Waals surface area contributed by atoms with Gasteiger partial charge in [0.2, 0.25) is 0 Å². The van der Waals surface area contributed by atoms with Crippen molar-refractivity contribution in [1.82, 2.24) is 18.7 Å². The van der Waals surface area contributed by atoms with Crippen molar-refractivity contribution in [1.29, 1.82) is 0 Å². The molecule has 5 nitrogen and oxygen atoms in total. The van der Waals surface area contributed by atoms with Crippen LogP contribution in [0.5, 0.6) is 5.88 Å². The second-order valence-corrected chi connectivity index (χ2v) is 4.35. The van der Waals surface area contributed by atoms with E-state index in [4.69, 9.17) is 4.74 Å². The zero-order chi connectivity index (χ0) is 12.9. The van der Waals surface area contributed by atoms with Gasteiger partial charge in [-0.2, -0.15) is 4.37 Å². The molecule has 0 saturated heterocycles. The summed E-state index contributed by atoms with van der Waals surface area (Å²) in [4.78, 5) is 7.94. The fourth-order valence-electron chi connectivity index (χ4n) is 1.60. The van der Waals surface area contributed by atoms with Gasteiger partial charge in [0.25, 0.3) is 5.88 Å². The largest absolute Gasteiger partial charge is 0.471 e. The molecule has 0 aliphatic heterocycles. The Hall–Kier alpha value is -2.34. The third-order valence-corrected chi connectivity index (χ3v) is 3.02. The van der Waals surface area contributed by atoms with E-state index in [0.29, 0.717) is 18.2 Å². The van der Waals surface area contributed by atoms with E-state index in [0.717, 1.165) is 22.9 Å². The van der Waals surface area contributed by atoms with E-state index >= 15 is 0 Å². The molecule has 0 aliphatic rings. The van der Waals surface area contributed by atoms with Gasteiger partial charge in [-0.15, -0.1) is 4.37 Å². The average Bonchev–Trinajstić information content (AvgIpc) is 2.95. The molecule has 3 rings (SSSR count). The third kappa shape index (κ3) is 2.74. The molecule has 0 bridgehead atoms. The van der Waals surface area contributed by atoms with Gasteiger partial charge >= 0.3 is 0 Å². The summed E-state index contributed by atoms with van der Waals surface area (Å²) >= 11 is 1.12. The highest BCUT2D eigenvalue weighted by Gasteiger charge is 2.12. The van der Waals surface area contributed by atoms with E-state index in [1.54, 1.807) is 12.4 Å². The molecule has 0 aliphatic carbocycles. The maximum Gasteiger partial charge on any atom is 0.254 e. The van der Waals surface area contributed by atoms with Crippen LogP contribution in [0.3, 0.4) is 0 Å². The predicted octanol–water partition coefficient (Wildman–Crippen LogP) is 2.57. The molecular weight excluding hydrogens is 260 g/mol. The minimum Gasteiger partial charge on any atom is -0.471 e. The van der Waals surface area contributed by atoms with Crippen LogP contribution in [0.15, 0.2) is 49.1 Å². The minimum absolute atomic E-state index is 0.465. The summed E-state index contributed by atoms with van der Waals surface area (Å²) < 4.78 is 14.1. The van der Waals surface area contributed by atoms with Crippen LogP contribution in [-0.4, -0.2) is 18.7 Å². The molecule has 0 atom stereocenters. The van der Waals surface area contributed by atoms with Crippen molar-refractivity contribution >= 4 is 11.7 Å². The molecule has 0 fully saturated rings. The van der Waals surface area contributed by atoms with E-state index in [1.807, 2.05) is 30.3 Å². The molecule has 0 radical (unpaired) electrons. The first-order valence-corrected chi connectivity index (χ1v) is 6.41. The number of hydrogen-bond acceptors (Lipinski definition) is 6. The van der Waals surface area contributed by atoms with E-state index in [9.17, 15) is 0 Å². The van der Waals surface area contributed by atoms with Crippen molar-refractivity contribution in [3.05, 3.63) is 54.6 Å². The smallest absolute Gasteiger partial charge is 0.254 e. The lowest BCUT2D eigenvalue weighted by Crippen LogP contribution is -1.96. The third-order valence-electron chi connectivity index (χ3n) is 2.51. The Kier molecular flexibility index (Phi) is 3.42. The number of nitrogens with zero attached hydrogens (tertiary/aromatic N) is 4. The van der Waals surface area contributed by atoms with Gasteiger partial charge in [-0.25, -0.2) is 9.97 Å². The highest BCUT2D eigenvalue weighted by atomic mass is 32.1. The van der Waals surface area contributed by atoms with Crippen LogP contribution in [0.1, 0.15) is 5.56 Å². The highest BCUT2D eigenvalue weighted by molar-refractivity contribution is 6.99. The van der Waals surface area contributed by atoms with Crippen LogP contribution < -0.4 is 4.74 Å². The van der Waals surface area contributed by atoms with E-state index in [1.165, 1.54) is 6.33 Å². The summed E-state index contributed by atoms with van der Waals surface area (Å²) in [6.45, 7) is 0.465. The molecule has 0 unspecified atom stereocenters. The maximum absolute atomic E-state index is 5.70. The van der Waals surface area contributed by atoms with Gasteiger partial charge in [-0.05, 0) is 5.56 Å². The summed E-state index contributed by atoms with van der Waals surface area (Å²) in [5, 5.41) is 0. The Morgan fingerprint density at radius 3 is 2.58 bits per heavy atom. The molecular formula is C13H10N4OS. The quantitative estimate of drug-likeness (QED) is 0.729. The fourth-order valence-corrected chi connectivity index (χ4v) is 2.12. The molecule has 0 spiro atoms. The van der Waals surface area contributed by atoms with E-state index < -0.39 is 0 Å². The average molecular weight is 270 g/mol. The fraction of sp³-hybridized carbons (Fsp3) is 0.0769. The second kappa shape index (κ2) is 5.53. The SMILES string of the molecule is c1ccc(COc2nsnc2-c2cncnc2)cc1. The lowest BCUT2D eigenvalue weighted by Gasteiger charge is -2.04. The van der Waals surface area contributed by atoms with Crippen LogP contribution in [-0.2, 0) is 6.61 Å². The van der Waals surface area contributed by atoms with E-state index in [-0.39, 0.29) is 0 Å². The van der Waals surface area contributed by atoms with Crippen molar-refractivity contribution < 1.29 is 4.74 Å². The molecule has 1 aromatic carbocycles. The summed E-state index contributed by atoms with van der Waals surface area (Å²) in [6.07, 6.45) is 4.87. The summed E-state index contributed by atoms with van der Waals surface area (Å²) in [7, 11) is 0. The molecule has 19 heavy (non-hydrogen) atoms. The van der Waals surface area contributed by atoms with Crippen LogP contribution in [0.2, 0.25) is 0 Å². The molecule has 94 valence electrons. The van der Waals surface area contributed by atoms with Gasteiger partial charge in [-0.1, -0.05) is 30.3 Å². The topological polar surface area (TPSA) is 60.8 Å². The first-order chi connectivity index (χ1) is 9.43. The first kappa shape index (κ1) is 11.7. The molecule has 3 aromatic rings. The van der Waals surface area contributed by atoms with Crippen LogP contribution in [0, 0.1) is 0 Å². The first-order valence-electron chi connectivity index (χ1n) is 5.68. The Morgan fingerprint density at radius 1 is 1.00 bits per heavy atom. The zero-order valence-corrected chi connectivity index (χ0v) is 10.7. The molecule has 0 N–H and O–H groups in total. The monoisotopic (exact) mass is 270 g/mol. The molecule has 2 aromatic heterocycles. The van der Waals surface area contributed by atoms with Gasteiger partial charge < -0.3 is 4.74 Å². The van der Waals surface area contributed by atoms with Crippen LogP contribution >= 0.6 is 11.7 Å². The number of benzene rings is 1. The summed E-state index contributed by atoms with van der Waals surface area (Å²) in [5.74, 6) is 0.517. The Bertz CT molecular complexity index is 642.